The van der Waals surface area contributed by atoms with E-state index in [1.165, 1.54) is 18.6 Å². The van der Waals surface area contributed by atoms with E-state index in [2.05, 4.69) is 14.9 Å². The summed E-state index contributed by atoms with van der Waals surface area (Å²) in [5.74, 6) is 1.02. The molecular weight excluding hydrogens is 307 g/mol. The Hall–Kier alpha value is -2.63. The quantitative estimate of drug-likeness (QED) is 0.691. The highest BCUT2D eigenvalue weighted by Crippen LogP contribution is 2.24. The molecule has 2 N–H and O–H groups in total. The maximum absolute atomic E-state index is 13.3. The summed E-state index contributed by atoms with van der Waals surface area (Å²) in [4.78, 5) is 10.8. The summed E-state index contributed by atoms with van der Waals surface area (Å²) in [6.45, 7) is 2.28. The fourth-order valence-electron chi connectivity index (χ4n) is 2.67. The number of guanidine groups is 1. The van der Waals surface area contributed by atoms with Crippen LogP contribution in [0.15, 0.2) is 47.6 Å². The van der Waals surface area contributed by atoms with Gasteiger partial charge in [0.1, 0.15) is 11.6 Å². The van der Waals surface area contributed by atoms with Crippen LogP contribution in [-0.4, -0.2) is 28.9 Å². The predicted octanol–water partition coefficient (Wildman–Crippen LogP) is 3.31. The van der Waals surface area contributed by atoms with Crippen LogP contribution < -0.4 is 10.5 Å². The first kappa shape index (κ1) is 16.2. The topological polar surface area (TPSA) is 63.7 Å². The molecule has 5 nitrogen and oxygen atoms in total. The zero-order valence-electron chi connectivity index (χ0n) is 13.5. The summed E-state index contributed by atoms with van der Waals surface area (Å²) in [5, 5.41) is 0. The molecule has 3 rings (SSSR count). The molecule has 0 spiro atoms. The first-order chi connectivity index (χ1) is 11.7. The molecule has 0 amide bonds. The van der Waals surface area contributed by atoms with Crippen molar-refractivity contribution < 1.29 is 9.13 Å². The molecule has 6 heteroatoms. The van der Waals surface area contributed by atoms with Gasteiger partial charge in [-0.1, -0.05) is 12.1 Å². The monoisotopic (exact) mass is 328 g/mol. The molecule has 1 aromatic carbocycles. The van der Waals surface area contributed by atoms with Crippen LogP contribution in [0.2, 0.25) is 0 Å². The fourth-order valence-corrected chi connectivity index (χ4v) is 2.67. The smallest absolute Gasteiger partial charge is 0.224 e. The molecule has 0 atom stereocenters. The van der Waals surface area contributed by atoms with E-state index in [-0.39, 0.29) is 5.82 Å². The Balaban J connectivity index is 1.72. The van der Waals surface area contributed by atoms with Crippen molar-refractivity contribution >= 4 is 5.96 Å². The van der Waals surface area contributed by atoms with Gasteiger partial charge in [-0.05, 0) is 37.5 Å². The molecule has 0 unspecified atom stereocenters. The van der Waals surface area contributed by atoms with Crippen LogP contribution in [0, 0.1) is 5.82 Å². The van der Waals surface area contributed by atoms with Crippen molar-refractivity contribution in [2.75, 3.05) is 13.1 Å². The Labute approximate surface area is 141 Å². The Morgan fingerprint density at radius 3 is 2.83 bits per heavy atom. The first-order valence-corrected chi connectivity index (χ1v) is 8.14. The molecule has 0 aliphatic carbocycles. The van der Waals surface area contributed by atoms with E-state index in [0.717, 1.165) is 31.5 Å². The molecule has 24 heavy (non-hydrogen) atoms. The molecule has 1 aliphatic heterocycles. The number of halogens is 1. The van der Waals surface area contributed by atoms with E-state index in [1.807, 2.05) is 12.1 Å². The molecule has 0 saturated carbocycles. The third-order valence-electron chi connectivity index (χ3n) is 3.95. The molecule has 1 aliphatic rings. The van der Waals surface area contributed by atoms with Gasteiger partial charge in [-0.25, -0.2) is 14.4 Å². The number of benzene rings is 1. The minimum atomic E-state index is -0.350. The SMILES string of the molecule is NC(=NCc1cccnc1Oc1cccc(F)c1)N1CCCCC1. The van der Waals surface area contributed by atoms with Gasteiger partial charge in [-0.15, -0.1) is 0 Å². The van der Waals surface area contributed by atoms with Crippen LogP contribution >= 0.6 is 0 Å². The Kier molecular flexibility index (Phi) is 5.25. The molecule has 1 aromatic heterocycles. The van der Waals surface area contributed by atoms with Gasteiger partial charge >= 0.3 is 0 Å². The number of likely N-dealkylation sites (tertiary alicyclic amines) is 1. The van der Waals surface area contributed by atoms with E-state index in [9.17, 15) is 4.39 Å². The van der Waals surface area contributed by atoms with Gasteiger partial charge in [0, 0.05) is 30.9 Å². The van der Waals surface area contributed by atoms with Gasteiger partial charge in [0.25, 0.3) is 0 Å². The average molecular weight is 328 g/mol. The summed E-state index contributed by atoms with van der Waals surface area (Å²) in [6.07, 6.45) is 5.18. The maximum atomic E-state index is 13.3. The van der Waals surface area contributed by atoms with Gasteiger partial charge in [0.05, 0.1) is 6.54 Å². The number of hydrogen-bond donors (Lipinski definition) is 1. The standard InChI is InChI=1S/C18H21FN4O/c19-15-7-4-8-16(12-15)24-17-14(6-5-9-21-17)13-22-18(20)23-10-2-1-3-11-23/h4-9,12H,1-3,10-11,13H2,(H2,20,22). The number of nitrogens with zero attached hydrogens (tertiary/aromatic N) is 3. The Morgan fingerprint density at radius 2 is 2.04 bits per heavy atom. The van der Waals surface area contributed by atoms with Gasteiger partial charge in [-0.3, -0.25) is 0 Å². The second-order valence-corrected chi connectivity index (χ2v) is 5.75. The Bertz CT molecular complexity index is 714. The third kappa shape index (κ3) is 4.22. The normalized spacial score (nSPS) is 15.4. The first-order valence-electron chi connectivity index (χ1n) is 8.14. The molecular formula is C18H21FN4O. The van der Waals surface area contributed by atoms with Gasteiger partial charge < -0.3 is 15.4 Å². The number of piperidine rings is 1. The third-order valence-corrected chi connectivity index (χ3v) is 3.95. The molecule has 0 radical (unpaired) electrons. The van der Waals surface area contributed by atoms with Crippen LogP contribution in [0.1, 0.15) is 24.8 Å². The van der Waals surface area contributed by atoms with Crippen LogP contribution in [-0.2, 0) is 6.54 Å². The highest BCUT2D eigenvalue weighted by atomic mass is 19.1. The number of ether oxygens (including phenoxy) is 1. The van der Waals surface area contributed by atoms with E-state index in [0.29, 0.717) is 24.1 Å². The van der Waals surface area contributed by atoms with E-state index in [1.54, 1.807) is 18.3 Å². The highest BCUT2D eigenvalue weighted by molar-refractivity contribution is 5.78. The predicted molar refractivity (Wildman–Crippen MR) is 91.5 cm³/mol. The van der Waals surface area contributed by atoms with Crippen LogP contribution in [0.25, 0.3) is 0 Å². The number of hydrogen-bond acceptors (Lipinski definition) is 3. The zero-order valence-corrected chi connectivity index (χ0v) is 13.5. The minimum absolute atomic E-state index is 0.350. The summed E-state index contributed by atoms with van der Waals surface area (Å²) in [6, 6.07) is 9.68. The van der Waals surface area contributed by atoms with Crippen molar-refractivity contribution in [2.24, 2.45) is 10.7 Å². The Morgan fingerprint density at radius 1 is 1.21 bits per heavy atom. The summed E-state index contributed by atoms with van der Waals surface area (Å²) >= 11 is 0. The van der Waals surface area contributed by atoms with Crippen molar-refractivity contribution in [2.45, 2.75) is 25.8 Å². The van der Waals surface area contributed by atoms with Crippen LogP contribution in [0.5, 0.6) is 11.6 Å². The molecule has 1 fully saturated rings. The molecule has 126 valence electrons. The molecule has 2 heterocycles. The van der Waals surface area contributed by atoms with E-state index < -0.39 is 0 Å². The molecule has 1 saturated heterocycles. The zero-order chi connectivity index (χ0) is 16.8. The van der Waals surface area contributed by atoms with Gasteiger partial charge in [0.2, 0.25) is 5.88 Å². The average Bonchev–Trinajstić information content (AvgIpc) is 2.61. The number of aliphatic imine (C=N–C) groups is 1. The largest absolute Gasteiger partial charge is 0.439 e. The number of rotatable bonds is 4. The number of aromatic nitrogens is 1. The number of nitrogens with two attached hydrogens (primary N) is 1. The van der Waals surface area contributed by atoms with Crippen molar-refractivity contribution in [1.82, 2.24) is 9.88 Å². The molecule has 2 aromatic rings. The minimum Gasteiger partial charge on any atom is -0.439 e. The van der Waals surface area contributed by atoms with Crippen molar-refractivity contribution in [3.05, 3.63) is 54.0 Å². The number of pyridine rings is 1. The van der Waals surface area contributed by atoms with Crippen molar-refractivity contribution in [3.63, 3.8) is 0 Å². The van der Waals surface area contributed by atoms with Crippen LogP contribution in [0.4, 0.5) is 4.39 Å². The lowest BCUT2D eigenvalue weighted by Crippen LogP contribution is -2.40. The maximum Gasteiger partial charge on any atom is 0.224 e. The van der Waals surface area contributed by atoms with Crippen molar-refractivity contribution in [1.29, 1.82) is 0 Å². The fraction of sp³-hybridized carbons (Fsp3) is 0.333. The molecule has 0 bridgehead atoms. The summed E-state index contributed by atoms with van der Waals surface area (Å²) in [5.41, 5.74) is 6.89. The van der Waals surface area contributed by atoms with Crippen molar-refractivity contribution in [3.8, 4) is 11.6 Å². The lowest BCUT2D eigenvalue weighted by atomic mass is 10.1. The van der Waals surface area contributed by atoms with Gasteiger partial charge in [-0.2, -0.15) is 0 Å². The van der Waals surface area contributed by atoms with Gasteiger partial charge in [0.15, 0.2) is 5.96 Å². The van der Waals surface area contributed by atoms with E-state index in [4.69, 9.17) is 10.5 Å². The second-order valence-electron chi connectivity index (χ2n) is 5.75. The van der Waals surface area contributed by atoms with E-state index >= 15 is 0 Å². The summed E-state index contributed by atoms with van der Waals surface area (Å²) in [7, 11) is 0. The summed E-state index contributed by atoms with van der Waals surface area (Å²) < 4.78 is 19.0. The highest BCUT2D eigenvalue weighted by Gasteiger charge is 2.12. The lowest BCUT2D eigenvalue weighted by Gasteiger charge is -2.27. The lowest BCUT2D eigenvalue weighted by molar-refractivity contribution is 0.338. The van der Waals surface area contributed by atoms with Crippen LogP contribution in [0.3, 0.4) is 0 Å². The second kappa shape index (κ2) is 7.77.